The number of benzene rings is 3. The Bertz CT molecular complexity index is 1310. The molecule has 2 aromatic heterocycles. The van der Waals surface area contributed by atoms with Crippen molar-refractivity contribution in [1.29, 1.82) is 0 Å². The van der Waals surface area contributed by atoms with E-state index < -0.39 is 5.97 Å². The molecule has 0 atom stereocenters. The molecule has 0 bridgehead atoms. The van der Waals surface area contributed by atoms with Gasteiger partial charge < -0.3 is 14.8 Å². The maximum Gasteiger partial charge on any atom is 0.187 e. The molecule has 3 aromatic carbocycles. The summed E-state index contributed by atoms with van der Waals surface area (Å²) in [7, 11) is 0. The van der Waals surface area contributed by atoms with Gasteiger partial charge in [0.15, 0.2) is 5.13 Å². The predicted molar refractivity (Wildman–Crippen MR) is 138 cm³/mol. The molecule has 0 unspecified atom stereocenters. The van der Waals surface area contributed by atoms with E-state index >= 15 is 0 Å². The number of carbonyl (C=O) groups excluding carboxylic acids is 1. The minimum Gasteiger partial charge on any atom is -0.545 e. The average Bonchev–Trinajstić information content (AvgIpc) is 3.55. The van der Waals surface area contributed by atoms with Gasteiger partial charge >= 0.3 is 0 Å². The van der Waals surface area contributed by atoms with Crippen molar-refractivity contribution in [1.82, 2.24) is 4.98 Å². The van der Waals surface area contributed by atoms with E-state index in [4.69, 9.17) is 4.98 Å². The van der Waals surface area contributed by atoms with Crippen LogP contribution in [0.2, 0.25) is 0 Å². The third-order valence-corrected chi connectivity index (χ3v) is 7.49. The third kappa shape index (κ3) is 4.93. The molecule has 0 saturated carbocycles. The Balaban J connectivity index is 1.56. The minimum absolute atomic E-state index is 0.181. The summed E-state index contributed by atoms with van der Waals surface area (Å²) in [6, 6.07) is 31.7. The number of anilines is 1. The largest absolute Gasteiger partial charge is 0.545 e. The van der Waals surface area contributed by atoms with Crippen molar-refractivity contribution in [3.8, 4) is 21.7 Å². The van der Waals surface area contributed by atoms with Crippen molar-refractivity contribution < 1.29 is 9.90 Å². The Labute approximate surface area is 206 Å². The van der Waals surface area contributed by atoms with Gasteiger partial charge in [-0.25, -0.2) is 4.98 Å². The minimum atomic E-state index is -1.16. The number of aromatic nitrogens is 1. The van der Waals surface area contributed by atoms with Gasteiger partial charge in [0.25, 0.3) is 0 Å². The maximum atomic E-state index is 11.1. The molecular weight excluding hydrogens is 460 g/mol. The molecular formula is C28H21N2O2S2-. The summed E-state index contributed by atoms with van der Waals surface area (Å²) in [5.74, 6) is -1.16. The van der Waals surface area contributed by atoms with Gasteiger partial charge in [0.1, 0.15) is 0 Å². The van der Waals surface area contributed by atoms with Crippen LogP contribution in [0.15, 0.2) is 102 Å². The van der Waals surface area contributed by atoms with Crippen LogP contribution in [0.4, 0.5) is 5.13 Å². The van der Waals surface area contributed by atoms with Gasteiger partial charge in [-0.05, 0) is 28.1 Å². The third-order valence-electron chi connectivity index (χ3n) is 5.46. The van der Waals surface area contributed by atoms with Crippen LogP contribution in [0.25, 0.3) is 21.7 Å². The summed E-state index contributed by atoms with van der Waals surface area (Å²) in [6.07, 6.45) is 0. The Morgan fingerprint density at radius 1 is 0.794 bits per heavy atom. The standard InChI is InChI=1S/C28H22N2O2S2/c31-27(32)23-15-13-20(14-16-23)18-30(19-24-12-7-17-33-24)28-29-25(21-8-3-1-4-9-21)26(34-28)22-10-5-2-6-11-22/h1-17H,18-19H2,(H,31,32)/p-1. The summed E-state index contributed by atoms with van der Waals surface area (Å²) in [5, 5.41) is 14.2. The molecule has 0 aliphatic carbocycles. The lowest BCUT2D eigenvalue weighted by molar-refractivity contribution is -0.255. The van der Waals surface area contributed by atoms with Crippen molar-refractivity contribution in [2.45, 2.75) is 13.1 Å². The molecule has 5 rings (SSSR count). The highest BCUT2D eigenvalue weighted by Crippen LogP contribution is 2.41. The fraction of sp³-hybridized carbons (Fsp3) is 0.0714. The van der Waals surface area contributed by atoms with Crippen molar-refractivity contribution in [2.75, 3.05) is 4.90 Å². The molecule has 0 amide bonds. The number of carboxylic acids is 1. The smallest absolute Gasteiger partial charge is 0.187 e. The molecule has 168 valence electrons. The molecule has 0 spiro atoms. The zero-order valence-corrected chi connectivity index (χ0v) is 19.9. The highest BCUT2D eigenvalue weighted by molar-refractivity contribution is 7.19. The number of carboxylic acid groups (broad SMARTS) is 1. The van der Waals surface area contributed by atoms with Crippen LogP contribution >= 0.6 is 22.7 Å². The SMILES string of the molecule is O=C([O-])c1ccc(CN(Cc2cccs2)c2nc(-c3ccccc3)c(-c3ccccc3)s2)cc1. The first-order chi connectivity index (χ1) is 16.7. The number of carbonyl (C=O) groups is 1. The summed E-state index contributed by atoms with van der Waals surface area (Å²) in [4.78, 5) is 20.9. The normalized spacial score (nSPS) is 10.8. The van der Waals surface area contributed by atoms with Crippen molar-refractivity contribution >= 4 is 33.8 Å². The molecule has 2 heterocycles. The van der Waals surface area contributed by atoms with Gasteiger partial charge in [-0.2, -0.15) is 0 Å². The highest BCUT2D eigenvalue weighted by atomic mass is 32.1. The van der Waals surface area contributed by atoms with Gasteiger partial charge in [0.2, 0.25) is 0 Å². The molecule has 4 nitrogen and oxygen atoms in total. The second kappa shape index (κ2) is 10.0. The van der Waals surface area contributed by atoms with E-state index in [-0.39, 0.29) is 5.56 Å². The first-order valence-corrected chi connectivity index (χ1v) is 12.6. The quantitative estimate of drug-likeness (QED) is 0.268. The fourth-order valence-electron chi connectivity index (χ4n) is 3.77. The average molecular weight is 482 g/mol. The fourth-order valence-corrected chi connectivity index (χ4v) is 5.58. The summed E-state index contributed by atoms with van der Waals surface area (Å²) >= 11 is 3.40. The Morgan fingerprint density at radius 3 is 2.09 bits per heavy atom. The molecule has 0 N–H and O–H groups in total. The van der Waals surface area contributed by atoms with E-state index in [9.17, 15) is 9.90 Å². The summed E-state index contributed by atoms with van der Waals surface area (Å²) in [6.45, 7) is 1.33. The number of thiazole rings is 1. The lowest BCUT2D eigenvalue weighted by Gasteiger charge is -2.21. The van der Waals surface area contributed by atoms with Crippen LogP contribution in [0, 0.1) is 0 Å². The zero-order chi connectivity index (χ0) is 23.3. The Hall–Kier alpha value is -3.74. The first-order valence-electron chi connectivity index (χ1n) is 10.9. The second-order valence-electron chi connectivity index (χ2n) is 7.83. The van der Waals surface area contributed by atoms with Crippen LogP contribution in [0.1, 0.15) is 20.8 Å². The summed E-state index contributed by atoms with van der Waals surface area (Å²) in [5.41, 5.74) is 4.38. The number of hydrogen-bond acceptors (Lipinski definition) is 6. The van der Waals surface area contributed by atoms with Crippen LogP contribution in [-0.2, 0) is 13.1 Å². The molecule has 0 aliphatic heterocycles. The van der Waals surface area contributed by atoms with E-state index in [0.717, 1.165) is 38.9 Å². The molecule has 0 radical (unpaired) electrons. The molecule has 5 aromatic rings. The van der Waals surface area contributed by atoms with Crippen LogP contribution in [-0.4, -0.2) is 11.0 Å². The number of hydrogen-bond donors (Lipinski definition) is 0. The Kier molecular flexibility index (Phi) is 6.51. The number of nitrogens with zero attached hydrogens (tertiary/aromatic N) is 2. The van der Waals surface area contributed by atoms with Crippen molar-refractivity contribution in [3.63, 3.8) is 0 Å². The first kappa shape index (κ1) is 22.1. The van der Waals surface area contributed by atoms with Crippen LogP contribution < -0.4 is 10.0 Å². The van der Waals surface area contributed by atoms with Crippen LogP contribution in [0.3, 0.4) is 0 Å². The lowest BCUT2D eigenvalue weighted by Crippen LogP contribution is -2.23. The number of thiophene rings is 1. The van der Waals surface area contributed by atoms with E-state index in [0.29, 0.717) is 6.54 Å². The predicted octanol–water partition coefficient (Wildman–Crippen LogP) is 6.11. The maximum absolute atomic E-state index is 11.1. The summed E-state index contributed by atoms with van der Waals surface area (Å²) < 4.78 is 0. The molecule has 6 heteroatoms. The van der Waals surface area contributed by atoms with E-state index in [1.54, 1.807) is 34.8 Å². The molecule has 0 saturated heterocycles. The second-order valence-corrected chi connectivity index (χ2v) is 9.84. The lowest BCUT2D eigenvalue weighted by atomic mass is 10.1. The van der Waals surface area contributed by atoms with Gasteiger partial charge in [0, 0.05) is 17.0 Å². The van der Waals surface area contributed by atoms with Crippen LogP contribution in [0.5, 0.6) is 0 Å². The van der Waals surface area contributed by atoms with Crippen molar-refractivity contribution in [3.05, 3.63) is 118 Å². The zero-order valence-electron chi connectivity index (χ0n) is 18.3. The number of aromatic carboxylic acids is 1. The van der Waals surface area contributed by atoms with Gasteiger partial charge in [0.05, 0.1) is 23.1 Å². The Morgan fingerprint density at radius 2 is 1.47 bits per heavy atom. The van der Waals surface area contributed by atoms with E-state index in [2.05, 4.69) is 46.7 Å². The molecule has 0 aliphatic rings. The van der Waals surface area contributed by atoms with E-state index in [1.165, 1.54) is 4.88 Å². The van der Waals surface area contributed by atoms with Gasteiger partial charge in [-0.15, -0.1) is 11.3 Å². The molecule has 0 fully saturated rings. The highest BCUT2D eigenvalue weighted by Gasteiger charge is 2.20. The monoisotopic (exact) mass is 481 g/mol. The topological polar surface area (TPSA) is 56.3 Å². The van der Waals surface area contributed by atoms with Crippen molar-refractivity contribution in [2.24, 2.45) is 0 Å². The van der Waals surface area contributed by atoms with Gasteiger partial charge in [-0.3, -0.25) is 0 Å². The molecule has 34 heavy (non-hydrogen) atoms. The number of rotatable bonds is 8. The van der Waals surface area contributed by atoms with E-state index in [1.807, 2.05) is 48.5 Å². The van der Waals surface area contributed by atoms with Gasteiger partial charge in [-0.1, -0.05) is 102 Å².